The molecular weight excluding hydrogens is 290 g/mol. The predicted octanol–water partition coefficient (Wildman–Crippen LogP) is 2.70. The number of anilines is 1. The van der Waals surface area contributed by atoms with Gasteiger partial charge in [0.2, 0.25) is 0 Å². The predicted molar refractivity (Wildman–Crippen MR) is 85.2 cm³/mol. The van der Waals surface area contributed by atoms with Crippen LogP contribution in [0.4, 0.5) is 5.82 Å². The van der Waals surface area contributed by atoms with Crippen LogP contribution in [0.2, 0.25) is 0 Å². The lowest BCUT2D eigenvalue weighted by Gasteiger charge is -2.09. The van der Waals surface area contributed by atoms with Crippen molar-refractivity contribution in [1.82, 2.24) is 14.8 Å². The van der Waals surface area contributed by atoms with Gasteiger partial charge in [-0.25, -0.2) is 4.98 Å². The van der Waals surface area contributed by atoms with Gasteiger partial charge in [0, 0.05) is 11.8 Å². The molecule has 3 rings (SSSR count). The van der Waals surface area contributed by atoms with E-state index < -0.39 is 0 Å². The minimum absolute atomic E-state index is 0.275. The van der Waals surface area contributed by atoms with Crippen LogP contribution in [0.25, 0.3) is 5.82 Å². The van der Waals surface area contributed by atoms with Crippen LogP contribution in [-0.2, 0) is 0 Å². The maximum Gasteiger partial charge on any atom is 0.256 e. The van der Waals surface area contributed by atoms with Gasteiger partial charge >= 0.3 is 0 Å². The number of pyridine rings is 1. The fraction of sp³-hybridized carbons (Fsp3) is 0.0588. The average molecular weight is 303 g/mol. The van der Waals surface area contributed by atoms with Crippen molar-refractivity contribution >= 4 is 11.7 Å². The van der Waals surface area contributed by atoms with Crippen molar-refractivity contribution in [3.05, 3.63) is 71.5 Å². The Kier molecular flexibility index (Phi) is 3.85. The Morgan fingerprint density at radius 1 is 1.26 bits per heavy atom. The number of nitriles is 1. The molecule has 6 nitrogen and oxygen atoms in total. The summed E-state index contributed by atoms with van der Waals surface area (Å²) < 4.78 is 1.44. The van der Waals surface area contributed by atoms with E-state index in [1.807, 2.05) is 31.2 Å². The Balaban J connectivity index is 1.98. The molecule has 2 aromatic heterocycles. The van der Waals surface area contributed by atoms with Crippen LogP contribution < -0.4 is 5.32 Å². The van der Waals surface area contributed by atoms with Gasteiger partial charge in [-0.3, -0.25) is 4.79 Å². The van der Waals surface area contributed by atoms with Crippen LogP contribution >= 0.6 is 0 Å². The monoisotopic (exact) mass is 303 g/mol. The first-order valence-corrected chi connectivity index (χ1v) is 6.96. The van der Waals surface area contributed by atoms with Crippen LogP contribution in [0.15, 0.2) is 54.9 Å². The smallest absolute Gasteiger partial charge is 0.256 e. The molecule has 0 fully saturated rings. The lowest BCUT2D eigenvalue weighted by atomic mass is 10.1. The normalized spacial score (nSPS) is 10.1. The number of aromatic nitrogens is 3. The zero-order valence-corrected chi connectivity index (χ0v) is 12.4. The van der Waals surface area contributed by atoms with E-state index >= 15 is 0 Å². The fourth-order valence-corrected chi connectivity index (χ4v) is 2.17. The fourth-order valence-electron chi connectivity index (χ4n) is 2.17. The number of carbonyl (C=O) groups excluding carboxylic acids is 1. The number of carbonyl (C=O) groups is 1. The molecule has 1 amide bonds. The lowest BCUT2D eigenvalue weighted by Crippen LogP contribution is -2.16. The molecule has 0 saturated carbocycles. The van der Waals surface area contributed by atoms with Gasteiger partial charge in [-0.15, -0.1) is 0 Å². The third-order valence-corrected chi connectivity index (χ3v) is 3.27. The summed E-state index contributed by atoms with van der Waals surface area (Å²) in [5.41, 5.74) is 1.77. The van der Waals surface area contributed by atoms with Crippen molar-refractivity contribution in [2.75, 3.05) is 5.32 Å². The first-order chi connectivity index (χ1) is 11.2. The standard InChI is InChI=1S/C17H13N5O/c1-12-5-4-6-13(9-12)17(23)21-16-14(10-18)11-20-22(16)15-7-2-3-8-19-15/h2-9,11H,1H3,(H,21,23). The van der Waals surface area contributed by atoms with E-state index in [1.165, 1.54) is 10.9 Å². The van der Waals surface area contributed by atoms with Crippen LogP contribution in [0, 0.1) is 18.3 Å². The van der Waals surface area contributed by atoms with Gasteiger partial charge in [-0.1, -0.05) is 23.8 Å². The molecule has 0 atom stereocenters. The maximum atomic E-state index is 12.4. The molecular formula is C17H13N5O. The molecule has 1 aromatic carbocycles. The zero-order valence-electron chi connectivity index (χ0n) is 12.4. The van der Waals surface area contributed by atoms with Gasteiger partial charge in [0.25, 0.3) is 5.91 Å². The van der Waals surface area contributed by atoms with Crippen molar-refractivity contribution in [3.63, 3.8) is 0 Å². The van der Waals surface area contributed by atoms with Crippen LogP contribution in [-0.4, -0.2) is 20.7 Å². The van der Waals surface area contributed by atoms with Gasteiger partial charge in [-0.2, -0.15) is 15.0 Å². The number of rotatable bonds is 3. The van der Waals surface area contributed by atoms with Crippen molar-refractivity contribution in [1.29, 1.82) is 5.26 Å². The first kappa shape index (κ1) is 14.5. The summed E-state index contributed by atoms with van der Waals surface area (Å²) in [6.45, 7) is 1.91. The molecule has 0 bridgehead atoms. The summed E-state index contributed by atoms with van der Waals surface area (Å²) >= 11 is 0. The van der Waals surface area contributed by atoms with Gasteiger partial charge < -0.3 is 5.32 Å². The zero-order chi connectivity index (χ0) is 16.2. The highest BCUT2D eigenvalue weighted by atomic mass is 16.1. The quantitative estimate of drug-likeness (QED) is 0.806. The van der Waals surface area contributed by atoms with Gasteiger partial charge in [0.15, 0.2) is 11.6 Å². The summed E-state index contributed by atoms with van der Waals surface area (Å²) in [5, 5.41) is 16.1. The summed E-state index contributed by atoms with van der Waals surface area (Å²) in [6, 6.07) is 14.6. The highest BCUT2D eigenvalue weighted by molar-refractivity contribution is 6.04. The highest BCUT2D eigenvalue weighted by Crippen LogP contribution is 2.19. The van der Waals surface area contributed by atoms with Gasteiger partial charge in [0.05, 0.1) is 6.20 Å². The van der Waals surface area contributed by atoms with Crippen molar-refractivity contribution in [3.8, 4) is 11.9 Å². The van der Waals surface area contributed by atoms with Crippen molar-refractivity contribution in [2.45, 2.75) is 6.92 Å². The van der Waals surface area contributed by atoms with E-state index in [0.717, 1.165) is 5.56 Å². The average Bonchev–Trinajstić information content (AvgIpc) is 2.98. The topological polar surface area (TPSA) is 83.6 Å². The Labute approximate surface area is 133 Å². The maximum absolute atomic E-state index is 12.4. The second-order valence-corrected chi connectivity index (χ2v) is 4.94. The van der Waals surface area contributed by atoms with E-state index in [0.29, 0.717) is 17.2 Å². The van der Waals surface area contributed by atoms with E-state index in [4.69, 9.17) is 0 Å². The van der Waals surface area contributed by atoms with Gasteiger partial charge in [0.1, 0.15) is 11.6 Å². The number of nitrogens with zero attached hydrogens (tertiary/aromatic N) is 4. The SMILES string of the molecule is Cc1cccc(C(=O)Nc2c(C#N)cnn2-c2ccccn2)c1. The molecule has 6 heteroatoms. The largest absolute Gasteiger partial charge is 0.305 e. The molecule has 2 heterocycles. The minimum atomic E-state index is -0.303. The Morgan fingerprint density at radius 3 is 2.83 bits per heavy atom. The van der Waals surface area contributed by atoms with Crippen LogP contribution in [0.5, 0.6) is 0 Å². The Hall–Kier alpha value is -3.46. The van der Waals surface area contributed by atoms with Crippen molar-refractivity contribution in [2.24, 2.45) is 0 Å². The second kappa shape index (κ2) is 6.12. The molecule has 0 saturated heterocycles. The number of hydrogen-bond acceptors (Lipinski definition) is 4. The number of nitrogens with one attached hydrogen (secondary N) is 1. The molecule has 0 unspecified atom stereocenters. The molecule has 1 N–H and O–H groups in total. The third kappa shape index (κ3) is 2.94. The molecule has 23 heavy (non-hydrogen) atoms. The number of benzene rings is 1. The third-order valence-electron chi connectivity index (χ3n) is 3.27. The lowest BCUT2D eigenvalue weighted by molar-refractivity contribution is 0.102. The Morgan fingerprint density at radius 2 is 2.13 bits per heavy atom. The molecule has 0 aliphatic rings. The van der Waals surface area contributed by atoms with Crippen LogP contribution in [0.3, 0.4) is 0 Å². The molecule has 0 aliphatic carbocycles. The molecule has 0 aliphatic heterocycles. The minimum Gasteiger partial charge on any atom is -0.305 e. The Bertz CT molecular complexity index is 893. The number of hydrogen-bond donors (Lipinski definition) is 1. The van der Waals surface area contributed by atoms with E-state index in [9.17, 15) is 10.1 Å². The first-order valence-electron chi connectivity index (χ1n) is 6.96. The van der Waals surface area contributed by atoms with Crippen molar-refractivity contribution < 1.29 is 4.79 Å². The molecule has 3 aromatic rings. The summed E-state index contributed by atoms with van der Waals surface area (Å²) in [4.78, 5) is 16.6. The molecule has 0 radical (unpaired) electrons. The summed E-state index contributed by atoms with van der Waals surface area (Å²) in [5.74, 6) is 0.522. The molecule has 0 spiro atoms. The number of aryl methyl sites for hydroxylation is 1. The summed E-state index contributed by atoms with van der Waals surface area (Å²) in [7, 11) is 0. The van der Waals surface area contributed by atoms with E-state index in [2.05, 4.69) is 15.4 Å². The number of amides is 1. The highest BCUT2D eigenvalue weighted by Gasteiger charge is 2.16. The van der Waals surface area contributed by atoms with E-state index in [-0.39, 0.29) is 11.5 Å². The summed E-state index contributed by atoms with van der Waals surface area (Å²) in [6.07, 6.45) is 3.02. The van der Waals surface area contributed by atoms with Crippen LogP contribution in [0.1, 0.15) is 21.5 Å². The molecule has 112 valence electrons. The van der Waals surface area contributed by atoms with Gasteiger partial charge in [-0.05, 0) is 31.2 Å². The second-order valence-electron chi connectivity index (χ2n) is 4.94. The van der Waals surface area contributed by atoms with E-state index in [1.54, 1.807) is 30.5 Å².